The first-order valence-electron chi connectivity index (χ1n) is 9.22. The average molecular weight is 430 g/mol. The molecule has 5 rings (SSSR count). The molecule has 0 radical (unpaired) electrons. The first kappa shape index (κ1) is 19.2. The van der Waals surface area contributed by atoms with Crippen molar-refractivity contribution in [2.75, 3.05) is 21.3 Å². The van der Waals surface area contributed by atoms with E-state index in [4.69, 9.17) is 18.9 Å². The Morgan fingerprint density at radius 2 is 1.55 bits per heavy atom. The highest BCUT2D eigenvalue weighted by Crippen LogP contribution is 2.50. The molecule has 0 fully saturated rings. The summed E-state index contributed by atoms with van der Waals surface area (Å²) in [6, 6.07) is 7.89. The van der Waals surface area contributed by atoms with Gasteiger partial charge in [0.25, 0.3) is 0 Å². The number of esters is 1. The van der Waals surface area contributed by atoms with E-state index in [1.807, 2.05) is 0 Å². The fraction of sp³-hybridized carbons (Fsp3) is 0.227. The molecule has 3 aromatic carbocycles. The number of carbonyl (C=O) groups is 1. The number of alkyl halides is 2. The van der Waals surface area contributed by atoms with Crippen LogP contribution < -0.4 is 23.7 Å². The van der Waals surface area contributed by atoms with Gasteiger partial charge in [-0.2, -0.15) is 0 Å². The number of benzene rings is 3. The van der Waals surface area contributed by atoms with Gasteiger partial charge < -0.3 is 28.4 Å². The minimum atomic E-state index is -3.74. The summed E-state index contributed by atoms with van der Waals surface area (Å²) in [5.74, 6) is 0.522. The molecule has 0 amide bonds. The summed E-state index contributed by atoms with van der Waals surface area (Å²) in [5, 5.41) is 1.24. The molecule has 0 bridgehead atoms. The highest BCUT2D eigenvalue weighted by atomic mass is 19.3. The Balaban J connectivity index is 1.86. The fourth-order valence-corrected chi connectivity index (χ4v) is 4.05. The number of methoxy groups -OCH3 is 3. The molecule has 160 valence electrons. The predicted molar refractivity (Wildman–Crippen MR) is 104 cm³/mol. The van der Waals surface area contributed by atoms with Crippen molar-refractivity contribution in [3.63, 3.8) is 0 Å². The van der Waals surface area contributed by atoms with E-state index in [0.29, 0.717) is 44.7 Å². The lowest BCUT2D eigenvalue weighted by atomic mass is 9.89. The van der Waals surface area contributed by atoms with Crippen molar-refractivity contribution in [2.24, 2.45) is 0 Å². The second kappa shape index (κ2) is 6.63. The fourth-order valence-electron chi connectivity index (χ4n) is 4.05. The highest BCUT2D eigenvalue weighted by molar-refractivity contribution is 6.12. The number of fused-ring (bicyclic) bond motifs is 3. The first-order valence-corrected chi connectivity index (χ1v) is 9.22. The largest absolute Gasteiger partial charge is 0.586 e. The maximum absolute atomic E-state index is 13.5. The second-order valence-electron chi connectivity index (χ2n) is 6.92. The Morgan fingerprint density at radius 1 is 0.871 bits per heavy atom. The normalized spacial score (nSPS) is 15.6. The zero-order valence-corrected chi connectivity index (χ0v) is 16.7. The van der Waals surface area contributed by atoms with Crippen LogP contribution in [-0.4, -0.2) is 33.6 Å². The molecule has 3 aromatic rings. The Labute approximate surface area is 175 Å². The topological polar surface area (TPSA) is 72.5 Å². The molecule has 9 heteroatoms. The average Bonchev–Trinajstić information content (AvgIpc) is 3.28. The van der Waals surface area contributed by atoms with Gasteiger partial charge in [0.15, 0.2) is 23.0 Å². The molecule has 0 atom stereocenters. The van der Waals surface area contributed by atoms with Gasteiger partial charge >= 0.3 is 12.3 Å². The lowest BCUT2D eigenvalue weighted by Gasteiger charge is -2.18. The number of halogens is 2. The Bertz CT molecular complexity index is 1250. The van der Waals surface area contributed by atoms with Crippen molar-refractivity contribution < 1.29 is 42.0 Å². The van der Waals surface area contributed by atoms with Gasteiger partial charge in [0.05, 0.1) is 21.3 Å². The number of hydrogen-bond acceptors (Lipinski definition) is 7. The van der Waals surface area contributed by atoms with Crippen LogP contribution in [0.2, 0.25) is 0 Å². The monoisotopic (exact) mass is 430 g/mol. The maximum atomic E-state index is 13.5. The number of rotatable bonds is 4. The van der Waals surface area contributed by atoms with Crippen molar-refractivity contribution in [2.45, 2.75) is 12.9 Å². The van der Waals surface area contributed by atoms with Crippen LogP contribution in [0.5, 0.6) is 28.7 Å². The minimum absolute atomic E-state index is 0.00868. The lowest BCUT2D eigenvalue weighted by Crippen LogP contribution is -2.25. The van der Waals surface area contributed by atoms with E-state index < -0.39 is 12.3 Å². The molecule has 0 spiro atoms. The Kier molecular flexibility index (Phi) is 4.11. The van der Waals surface area contributed by atoms with Gasteiger partial charge in [-0.15, -0.1) is 8.78 Å². The van der Waals surface area contributed by atoms with E-state index >= 15 is 0 Å². The summed E-state index contributed by atoms with van der Waals surface area (Å²) < 4.78 is 57.8. The van der Waals surface area contributed by atoms with Crippen LogP contribution in [-0.2, 0) is 11.3 Å². The molecule has 2 heterocycles. The smallest absolute Gasteiger partial charge is 0.495 e. The molecule has 2 aliphatic heterocycles. The SMILES string of the molecule is COc1cc2c(OC)c3c(c(-c4ccc5c(c4)OC(F)(F)O5)c2cc1OC)COC3=O. The van der Waals surface area contributed by atoms with Crippen molar-refractivity contribution in [1.29, 1.82) is 0 Å². The van der Waals surface area contributed by atoms with Gasteiger partial charge in [0.2, 0.25) is 0 Å². The van der Waals surface area contributed by atoms with Crippen LogP contribution in [0, 0.1) is 0 Å². The number of ether oxygens (including phenoxy) is 6. The van der Waals surface area contributed by atoms with E-state index in [9.17, 15) is 13.6 Å². The molecule has 0 saturated carbocycles. The van der Waals surface area contributed by atoms with Gasteiger partial charge in [-0.25, -0.2) is 4.79 Å². The van der Waals surface area contributed by atoms with E-state index in [2.05, 4.69) is 9.47 Å². The number of cyclic esters (lactones) is 1. The molecule has 0 aromatic heterocycles. The molecular formula is C22H16F2O7. The second-order valence-corrected chi connectivity index (χ2v) is 6.92. The van der Waals surface area contributed by atoms with Crippen molar-refractivity contribution in [3.8, 4) is 39.9 Å². The molecule has 0 unspecified atom stereocenters. The van der Waals surface area contributed by atoms with Crippen molar-refractivity contribution in [1.82, 2.24) is 0 Å². The van der Waals surface area contributed by atoms with Crippen LogP contribution in [0.1, 0.15) is 15.9 Å². The van der Waals surface area contributed by atoms with Gasteiger partial charge in [-0.1, -0.05) is 6.07 Å². The van der Waals surface area contributed by atoms with Gasteiger partial charge in [0, 0.05) is 10.9 Å². The van der Waals surface area contributed by atoms with E-state index in [1.165, 1.54) is 33.5 Å². The molecule has 2 aliphatic rings. The Morgan fingerprint density at radius 3 is 2.23 bits per heavy atom. The predicted octanol–water partition coefficient (Wildman–Crippen LogP) is 4.52. The third-order valence-corrected chi connectivity index (χ3v) is 5.31. The molecule has 0 saturated heterocycles. The summed E-state index contributed by atoms with van der Waals surface area (Å²) in [6.07, 6.45) is -3.74. The maximum Gasteiger partial charge on any atom is 0.586 e. The van der Waals surface area contributed by atoms with Crippen LogP contribution in [0.3, 0.4) is 0 Å². The zero-order valence-electron chi connectivity index (χ0n) is 16.7. The molecule has 0 N–H and O–H groups in total. The van der Waals surface area contributed by atoms with Crippen LogP contribution in [0.25, 0.3) is 21.9 Å². The van der Waals surface area contributed by atoms with E-state index in [-0.39, 0.29) is 23.7 Å². The van der Waals surface area contributed by atoms with Gasteiger partial charge in [-0.05, 0) is 40.8 Å². The lowest BCUT2D eigenvalue weighted by molar-refractivity contribution is -0.286. The standard InChI is InChI=1S/C22H16F2O7/c1-26-15-7-11-12(8-16(15)27-2)20(28-3)19-13(9-29-21(19)25)18(11)10-4-5-14-17(6-10)31-22(23,24)30-14/h4-8H,9H2,1-3H3. The third-order valence-electron chi connectivity index (χ3n) is 5.31. The molecule has 0 aliphatic carbocycles. The van der Waals surface area contributed by atoms with Crippen LogP contribution in [0.4, 0.5) is 8.78 Å². The minimum Gasteiger partial charge on any atom is -0.495 e. The van der Waals surface area contributed by atoms with E-state index in [0.717, 1.165) is 0 Å². The molecule has 31 heavy (non-hydrogen) atoms. The van der Waals surface area contributed by atoms with Crippen LogP contribution in [0.15, 0.2) is 30.3 Å². The molecule has 7 nitrogen and oxygen atoms in total. The van der Waals surface area contributed by atoms with Gasteiger partial charge in [0.1, 0.15) is 17.9 Å². The number of hydrogen-bond donors (Lipinski definition) is 0. The summed E-state index contributed by atoms with van der Waals surface area (Å²) in [4.78, 5) is 12.5. The summed E-state index contributed by atoms with van der Waals surface area (Å²) in [7, 11) is 4.46. The van der Waals surface area contributed by atoms with Crippen molar-refractivity contribution >= 4 is 16.7 Å². The quantitative estimate of drug-likeness (QED) is 0.564. The highest BCUT2D eigenvalue weighted by Gasteiger charge is 2.43. The molecular weight excluding hydrogens is 414 g/mol. The van der Waals surface area contributed by atoms with Gasteiger partial charge in [-0.3, -0.25) is 0 Å². The summed E-state index contributed by atoms with van der Waals surface area (Å²) in [6.45, 7) is 0.00868. The summed E-state index contributed by atoms with van der Waals surface area (Å²) >= 11 is 0. The third kappa shape index (κ3) is 2.80. The first-order chi connectivity index (χ1) is 14.9. The number of carbonyl (C=O) groups excluding carboxylic acids is 1. The zero-order chi connectivity index (χ0) is 21.9. The Hall–Kier alpha value is -3.75. The summed E-state index contributed by atoms with van der Waals surface area (Å²) in [5.41, 5.74) is 2.00. The van der Waals surface area contributed by atoms with E-state index in [1.54, 1.807) is 18.2 Å². The van der Waals surface area contributed by atoms with Crippen molar-refractivity contribution in [3.05, 3.63) is 41.5 Å². The van der Waals surface area contributed by atoms with Crippen LogP contribution >= 0.6 is 0 Å².